The van der Waals surface area contributed by atoms with Crippen LogP contribution in [0.2, 0.25) is 5.15 Å². The maximum atomic E-state index is 6.07. The number of H-pyrrole nitrogens is 1. The highest BCUT2D eigenvalue weighted by molar-refractivity contribution is 7.99. The topological polar surface area (TPSA) is 40.7 Å². The van der Waals surface area contributed by atoms with Crippen LogP contribution in [0.3, 0.4) is 0 Å². The van der Waals surface area contributed by atoms with Crippen molar-refractivity contribution in [1.29, 1.82) is 0 Å². The molecule has 0 fully saturated rings. The molecule has 1 aliphatic rings. The maximum absolute atomic E-state index is 6.07. The fourth-order valence-electron chi connectivity index (χ4n) is 2.11. The number of para-hydroxylation sites is 1. The fraction of sp³-hybridized carbons (Fsp3) is 0. The van der Waals surface area contributed by atoms with E-state index in [-0.39, 0.29) is 0 Å². The zero-order valence-electron chi connectivity index (χ0n) is 9.20. The molecule has 2 heterocycles. The number of anilines is 2. The van der Waals surface area contributed by atoms with Crippen molar-refractivity contribution in [2.24, 2.45) is 0 Å². The van der Waals surface area contributed by atoms with Crippen LogP contribution >= 0.6 is 23.4 Å². The third-order valence-corrected chi connectivity index (χ3v) is 4.41. The Morgan fingerprint density at radius 1 is 1.06 bits per heavy atom. The second-order valence-electron chi connectivity index (χ2n) is 4.13. The molecule has 4 rings (SSSR count). The van der Waals surface area contributed by atoms with Crippen molar-refractivity contribution in [3.05, 3.63) is 41.6 Å². The van der Waals surface area contributed by atoms with E-state index >= 15 is 0 Å². The summed E-state index contributed by atoms with van der Waals surface area (Å²) >= 11 is 7.81. The van der Waals surface area contributed by atoms with Crippen molar-refractivity contribution in [3.8, 4) is 0 Å². The van der Waals surface area contributed by atoms with Gasteiger partial charge in [-0.3, -0.25) is 5.10 Å². The summed E-state index contributed by atoms with van der Waals surface area (Å²) in [6.07, 6.45) is 0. The summed E-state index contributed by atoms with van der Waals surface area (Å²) in [7, 11) is 0. The Hall–Kier alpha value is -1.65. The second kappa shape index (κ2) is 3.67. The monoisotopic (exact) mass is 273 g/mol. The zero-order chi connectivity index (χ0) is 12.1. The molecule has 1 aliphatic heterocycles. The van der Waals surface area contributed by atoms with Gasteiger partial charge in [0.15, 0.2) is 0 Å². The largest absolute Gasteiger partial charge is 0.354 e. The van der Waals surface area contributed by atoms with Crippen molar-refractivity contribution in [3.63, 3.8) is 0 Å². The van der Waals surface area contributed by atoms with Crippen LogP contribution in [-0.4, -0.2) is 10.2 Å². The van der Waals surface area contributed by atoms with Gasteiger partial charge in [0.05, 0.1) is 16.9 Å². The van der Waals surface area contributed by atoms with E-state index < -0.39 is 0 Å². The molecule has 0 atom stereocenters. The molecule has 88 valence electrons. The van der Waals surface area contributed by atoms with E-state index in [4.69, 9.17) is 11.6 Å². The molecule has 0 saturated carbocycles. The van der Waals surface area contributed by atoms with E-state index in [1.165, 1.54) is 9.79 Å². The minimum Gasteiger partial charge on any atom is -0.354 e. The third-order valence-electron chi connectivity index (χ3n) is 2.99. The van der Waals surface area contributed by atoms with Gasteiger partial charge in [-0.2, -0.15) is 5.10 Å². The summed E-state index contributed by atoms with van der Waals surface area (Å²) in [6.45, 7) is 0. The van der Waals surface area contributed by atoms with Crippen LogP contribution in [-0.2, 0) is 0 Å². The number of hydrogen-bond donors (Lipinski definition) is 2. The lowest BCUT2D eigenvalue weighted by molar-refractivity contribution is 1.12. The first kappa shape index (κ1) is 10.3. The van der Waals surface area contributed by atoms with Gasteiger partial charge in [-0.15, -0.1) is 0 Å². The van der Waals surface area contributed by atoms with Crippen LogP contribution in [0.1, 0.15) is 0 Å². The fourth-order valence-corrected chi connectivity index (χ4v) is 3.31. The first-order chi connectivity index (χ1) is 8.81. The molecule has 5 heteroatoms. The average molecular weight is 274 g/mol. The van der Waals surface area contributed by atoms with Gasteiger partial charge in [0.25, 0.3) is 0 Å². The first-order valence-electron chi connectivity index (χ1n) is 5.53. The maximum Gasteiger partial charge on any atom is 0.132 e. The van der Waals surface area contributed by atoms with E-state index in [0.29, 0.717) is 5.15 Å². The molecule has 18 heavy (non-hydrogen) atoms. The molecule has 0 bridgehead atoms. The number of rotatable bonds is 0. The summed E-state index contributed by atoms with van der Waals surface area (Å²) in [4.78, 5) is 2.40. The Morgan fingerprint density at radius 3 is 2.89 bits per heavy atom. The number of benzene rings is 2. The lowest BCUT2D eigenvalue weighted by atomic mass is 10.2. The molecule has 3 nitrogen and oxygen atoms in total. The van der Waals surface area contributed by atoms with Crippen LogP contribution < -0.4 is 5.32 Å². The molecular formula is C13H8ClN3S. The molecule has 0 radical (unpaired) electrons. The van der Waals surface area contributed by atoms with Gasteiger partial charge in [0, 0.05) is 15.2 Å². The van der Waals surface area contributed by atoms with Crippen molar-refractivity contribution in [1.82, 2.24) is 10.2 Å². The molecule has 0 saturated heterocycles. The van der Waals surface area contributed by atoms with Gasteiger partial charge in [0.2, 0.25) is 0 Å². The second-order valence-corrected chi connectivity index (χ2v) is 5.59. The highest BCUT2D eigenvalue weighted by Gasteiger charge is 2.17. The first-order valence-corrected chi connectivity index (χ1v) is 6.72. The van der Waals surface area contributed by atoms with Crippen molar-refractivity contribution < 1.29 is 0 Å². The minimum atomic E-state index is 0.590. The number of hydrogen-bond acceptors (Lipinski definition) is 3. The molecule has 2 N–H and O–H groups in total. The average Bonchev–Trinajstić information content (AvgIpc) is 2.75. The summed E-state index contributed by atoms with van der Waals surface area (Å²) in [5, 5.41) is 12.0. The molecule has 0 spiro atoms. The standard InChI is InChI=1S/C13H8ClN3S/c14-13-7-5-12-10(6-9(7)16-17-13)15-8-3-1-2-4-11(8)18-12/h1-6,15H,(H,16,17). The number of aromatic amines is 1. The van der Waals surface area contributed by atoms with E-state index in [1.807, 2.05) is 18.2 Å². The highest BCUT2D eigenvalue weighted by Crippen LogP contribution is 2.45. The summed E-state index contributed by atoms with van der Waals surface area (Å²) < 4.78 is 0. The van der Waals surface area contributed by atoms with Gasteiger partial charge < -0.3 is 5.32 Å². The van der Waals surface area contributed by atoms with Gasteiger partial charge in [-0.25, -0.2) is 0 Å². The number of aromatic nitrogens is 2. The Morgan fingerprint density at radius 2 is 1.94 bits per heavy atom. The lowest BCUT2D eigenvalue weighted by Gasteiger charge is -2.20. The Kier molecular flexibility index (Phi) is 2.10. The molecular weight excluding hydrogens is 266 g/mol. The summed E-state index contributed by atoms with van der Waals surface area (Å²) in [5.41, 5.74) is 3.09. The molecule has 0 amide bonds. The Bertz CT molecular complexity index is 766. The van der Waals surface area contributed by atoms with Crippen LogP contribution in [0, 0.1) is 0 Å². The smallest absolute Gasteiger partial charge is 0.132 e. The molecule has 3 aromatic rings. The van der Waals surface area contributed by atoms with Crippen LogP contribution in [0.5, 0.6) is 0 Å². The predicted octanol–water partition coefficient (Wildman–Crippen LogP) is 4.42. The van der Waals surface area contributed by atoms with Crippen molar-refractivity contribution in [2.75, 3.05) is 5.32 Å². The summed E-state index contributed by atoms with van der Waals surface area (Å²) in [6, 6.07) is 12.4. The molecule has 1 aromatic heterocycles. The van der Waals surface area contributed by atoms with E-state index in [1.54, 1.807) is 11.8 Å². The van der Waals surface area contributed by atoms with Gasteiger partial charge >= 0.3 is 0 Å². The Balaban J connectivity index is 1.93. The quantitative estimate of drug-likeness (QED) is 0.498. The zero-order valence-corrected chi connectivity index (χ0v) is 10.8. The van der Waals surface area contributed by atoms with E-state index in [2.05, 4.69) is 33.7 Å². The van der Waals surface area contributed by atoms with Crippen LogP contribution in [0.4, 0.5) is 11.4 Å². The normalized spacial score (nSPS) is 12.9. The van der Waals surface area contributed by atoms with Gasteiger partial charge in [0.1, 0.15) is 5.15 Å². The van der Waals surface area contributed by atoms with E-state index in [9.17, 15) is 0 Å². The number of nitrogens with one attached hydrogen (secondary N) is 2. The van der Waals surface area contributed by atoms with Gasteiger partial charge in [-0.05, 0) is 24.3 Å². The minimum absolute atomic E-state index is 0.590. The molecule has 2 aromatic carbocycles. The van der Waals surface area contributed by atoms with Crippen molar-refractivity contribution >= 4 is 45.6 Å². The number of nitrogens with zero attached hydrogens (tertiary/aromatic N) is 1. The van der Waals surface area contributed by atoms with Crippen molar-refractivity contribution in [2.45, 2.75) is 9.79 Å². The third kappa shape index (κ3) is 1.43. The van der Waals surface area contributed by atoms with Gasteiger partial charge in [-0.1, -0.05) is 35.5 Å². The molecule has 0 aliphatic carbocycles. The highest BCUT2D eigenvalue weighted by atomic mass is 35.5. The number of fused-ring (bicyclic) bond motifs is 3. The SMILES string of the molecule is Clc1[nH]nc2cc3c(cc12)Sc1ccccc1N3. The predicted molar refractivity (Wildman–Crippen MR) is 75.0 cm³/mol. The number of halogens is 1. The lowest BCUT2D eigenvalue weighted by Crippen LogP contribution is -1.99. The Labute approximate surface area is 113 Å². The van der Waals surface area contributed by atoms with E-state index in [0.717, 1.165) is 22.3 Å². The van der Waals surface area contributed by atoms with Crippen LogP contribution in [0.25, 0.3) is 10.9 Å². The van der Waals surface area contributed by atoms with Crippen LogP contribution in [0.15, 0.2) is 46.2 Å². The molecule has 0 unspecified atom stereocenters. The summed E-state index contributed by atoms with van der Waals surface area (Å²) in [5.74, 6) is 0.